The maximum atomic E-state index is 13.3. The second-order valence-corrected chi connectivity index (χ2v) is 11.5. The van der Waals surface area contributed by atoms with Crippen molar-refractivity contribution in [2.45, 2.75) is 65.1 Å². The monoisotopic (exact) mass is 557 g/mol. The molecule has 0 saturated carbocycles. The second-order valence-electron chi connectivity index (χ2n) is 11.5. The van der Waals surface area contributed by atoms with Gasteiger partial charge in [-0.2, -0.15) is 18.4 Å². The number of nitrogens with zero attached hydrogens (tertiary/aromatic N) is 4. The smallest absolute Gasteiger partial charge is 0.382 e. The van der Waals surface area contributed by atoms with Gasteiger partial charge in [0.05, 0.1) is 17.2 Å². The van der Waals surface area contributed by atoms with Gasteiger partial charge in [-0.3, -0.25) is 9.69 Å². The zero-order chi connectivity index (χ0) is 28.2. The van der Waals surface area contributed by atoms with Crippen LogP contribution >= 0.6 is 0 Å². The molecule has 9 heteroatoms. The Labute approximate surface area is 236 Å². The first-order valence-electron chi connectivity index (χ1n) is 13.7. The number of rotatable bonds is 6. The Morgan fingerprint density at radius 2 is 1.60 bits per heavy atom. The van der Waals surface area contributed by atoms with E-state index >= 15 is 0 Å². The molecule has 4 rings (SSSR count). The van der Waals surface area contributed by atoms with Crippen molar-refractivity contribution in [3.8, 4) is 6.07 Å². The van der Waals surface area contributed by atoms with Crippen molar-refractivity contribution in [2.75, 3.05) is 56.0 Å². The minimum Gasteiger partial charge on any atom is -0.382 e. The number of amides is 1. The molecule has 40 heavy (non-hydrogen) atoms. The molecule has 2 aliphatic heterocycles. The van der Waals surface area contributed by atoms with Gasteiger partial charge in [-0.25, -0.2) is 0 Å². The number of carbonyl (C=O) groups excluding carboxylic acids is 1. The van der Waals surface area contributed by atoms with E-state index in [1.807, 2.05) is 4.90 Å². The van der Waals surface area contributed by atoms with Crippen LogP contribution in [0.3, 0.4) is 0 Å². The molecule has 2 fully saturated rings. The summed E-state index contributed by atoms with van der Waals surface area (Å²) < 4.78 is 39.8. The summed E-state index contributed by atoms with van der Waals surface area (Å²) >= 11 is 0. The van der Waals surface area contributed by atoms with Crippen molar-refractivity contribution >= 4 is 17.3 Å². The SMILES string of the molecule is C.CC(C)(C)c1ccc(N2CCN(CCC(=O)N3CCC(Nc4ccc(C#N)c(C(F)(F)F)c4)CC3)CC2)cc1. The molecule has 0 bridgehead atoms. The standard InChI is InChI=1S/C30H38F3N5O.CH4/c1-29(2,3)23-5-8-26(9-6-23)37-18-16-36(17-19-37)13-12-28(39)38-14-10-24(11-15-38)35-25-7-4-22(21-34)27(20-25)30(31,32)33;/h4-9,20,24,35H,10-19H2,1-3H3;1H4. The molecule has 1 N–H and O–H groups in total. The van der Waals surface area contributed by atoms with E-state index in [4.69, 9.17) is 5.26 Å². The number of benzene rings is 2. The molecule has 6 nitrogen and oxygen atoms in total. The number of nitrogens with one attached hydrogen (secondary N) is 1. The third-order valence-electron chi connectivity index (χ3n) is 7.78. The third-order valence-corrected chi connectivity index (χ3v) is 7.78. The lowest BCUT2D eigenvalue weighted by Gasteiger charge is -2.37. The summed E-state index contributed by atoms with van der Waals surface area (Å²) in [4.78, 5) is 19.4. The van der Waals surface area contributed by atoms with Gasteiger partial charge in [0.25, 0.3) is 0 Å². The van der Waals surface area contributed by atoms with Gasteiger partial charge < -0.3 is 15.1 Å². The molecule has 0 aliphatic carbocycles. The number of hydrogen-bond donors (Lipinski definition) is 1. The Balaban J connectivity index is 0.00000441. The molecule has 2 aromatic carbocycles. The highest BCUT2D eigenvalue weighted by Crippen LogP contribution is 2.34. The largest absolute Gasteiger partial charge is 0.417 e. The number of piperidine rings is 1. The average Bonchev–Trinajstić information content (AvgIpc) is 2.91. The zero-order valence-electron chi connectivity index (χ0n) is 23.0. The van der Waals surface area contributed by atoms with Crippen molar-refractivity contribution in [3.63, 3.8) is 0 Å². The number of piperazine rings is 1. The highest BCUT2D eigenvalue weighted by atomic mass is 19.4. The van der Waals surface area contributed by atoms with Crippen LogP contribution in [0.1, 0.15) is 64.2 Å². The van der Waals surface area contributed by atoms with E-state index in [0.717, 1.165) is 38.8 Å². The second kappa shape index (κ2) is 12.9. The maximum Gasteiger partial charge on any atom is 0.417 e. The molecule has 0 aromatic heterocycles. The molecule has 0 unspecified atom stereocenters. The van der Waals surface area contributed by atoms with Crippen molar-refractivity contribution < 1.29 is 18.0 Å². The number of carbonyl (C=O) groups is 1. The van der Waals surface area contributed by atoms with Crippen LogP contribution < -0.4 is 10.2 Å². The molecule has 2 heterocycles. The van der Waals surface area contributed by atoms with Gasteiger partial charge in [0.2, 0.25) is 5.91 Å². The minimum atomic E-state index is -4.58. The molecule has 0 atom stereocenters. The van der Waals surface area contributed by atoms with Gasteiger partial charge in [0, 0.05) is 69.7 Å². The minimum absolute atomic E-state index is 0. The average molecular weight is 558 g/mol. The van der Waals surface area contributed by atoms with Crippen LogP contribution in [0, 0.1) is 11.3 Å². The van der Waals surface area contributed by atoms with E-state index in [9.17, 15) is 18.0 Å². The van der Waals surface area contributed by atoms with Crippen molar-refractivity contribution in [3.05, 3.63) is 59.2 Å². The number of likely N-dealkylation sites (tertiary alicyclic amines) is 1. The quantitative estimate of drug-likeness (QED) is 0.463. The van der Waals surface area contributed by atoms with E-state index in [2.05, 4.69) is 60.2 Å². The number of anilines is 2. The molecule has 218 valence electrons. The first kappa shape index (κ1) is 31.3. The lowest BCUT2D eigenvalue weighted by molar-refractivity contribution is -0.137. The molecule has 2 aliphatic rings. The van der Waals surface area contributed by atoms with Crippen molar-refractivity contribution in [2.24, 2.45) is 0 Å². The first-order chi connectivity index (χ1) is 18.4. The fourth-order valence-corrected chi connectivity index (χ4v) is 5.29. The van der Waals surface area contributed by atoms with E-state index in [0.29, 0.717) is 38.0 Å². The predicted octanol–water partition coefficient (Wildman–Crippen LogP) is 6.13. The van der Waals surface area contributed by atoms with Gasteiger partial charge in [0.15, 0.2) is 0 Å². The lowest BCUT2D eigenvalue weighted by Crippen LogP contribution is -2.48. The first-order valence-corrected chi connectivity index (χ1v) is 13.7. The molecule has 0 spiro atoms. The summed E-state index contributed by atoms with van der Waals surface area (Å²) in [6.07, 6.45) is -2.77. The Kier molecular flexibility index (Phi) is 10.1. The molecule has 0 radical (unpaired) electrons. The Bertz CT molecular complexity index is 1170. The molecule has 2 aromatic rings. The Morgan fingerprint density at radius 1 is 0.975 bits per heavy atom. The summed E-state index contributed by atoms with van der Waals surface area (Å²) in [6, 6.07) is 14.1. The van der Waals surface area contributed by atoms with Crippen LogP contribution in [-0.2, 0) is 16.4 Å². The molecular formula is C31H42F3N5O. The Morgan fingerprint density at radius 3 is 2.15 bits per heavy atom. The van der Waals surface area contributed by atoms with E-state index < -0.39 is 11.7 Å². The van der Waals surface area contributed by atoms with Gasteiger partial charge in [-0.05, 0) is 54.2 Å². The number of nitriles is 1. The van der Waals surface area contributed by atoms with Crippen molar-refractivity contribution in [1.82, 2.24) is 9.80 Å². The topological polar surface area (TPSA) is 62.6 Å². The summed E-state index contributed by atoms with van der Waals surface area (Å²) in [5.74, 6) is 0.131. The third kappa shape index (κ3) is 7.91. The fourth-order valence-electron chi connectivity index (χ4n) is 5.29. The van der Waals surface area contributed by atoms with Crippen LogP contribution in [0.5, 0.6) is 0 Å². The van der Waals surface area contributed by atoms with Gasteiger partial charge in [-0.15, -0.1) is 0 Å². The molecular weight excluding hydrogens is 515 g/mol. The van der Waals surface area contributed by atoms with Gasteiger partial charge >= 0.3 is 6.18 Å². The zero-order valence-corrected chi connectivity index (χ0v) is 23.0. The van der Waals surface area contributed by atoms with Crippen LogP contribution in [0.2, 0.25) is 0 Å². The summed E-state index contributed by atoms with van der Waals surface area (Å²) in [7, 11) is 0. The van der Waals surface area contributed by atoms with Gasteiger partial charge in [0.1, 0.15) is 0 Å². The number of alkyl halides is 3. The predicted molar refractivity (Wildman–Crippen MR) is 155 cm³/mol. The Hall–Kier alpha value is -3.25. The van der Waals surface area contributed by atoms with Crippen LogP contribution in [0.4, 0.5) is 24.5 Å². The van der Waals surface area contributed by atoms with E-state index in [1.165, 1.54) is 23.4 Å². The highest BCUT2D eigenvalue weighted by Gasteiger charge is 2.34. The molecule has 2 saturated heterocycles. The van der Waals surface area contributed by atoms with Gasteiger partial charge in [-0.1, -0.05) is 40.3 Å². The van der Waals surface area contributed by atoms with Crippen LogP contribution in [0.15, 0.2) is 42.5 Å². The maximum absolute atomic E-state index is 13.3. The number of halogens is 3. The lowest BCUT2D eigenvalue weighted by atomic mass is 9.87. The summed E-state index contributed by atoms with van der Waals surface area (Å²) in [5, 5.41) is 12.1. The van der Waals surface area contributed by atoms with E-state index in [1.54, 1.807) is 6.07 Å². The normalized spacial score (nSPS) is 17.2. The highest BCUT2D eigenvalue weighted by molar-refractivity contribution is 5.76. The summed E-state index contributed by atoms with van der Waals surface area (Å²) in [5.41, 5.74) is 1.74. The molecule has 1 amide bonds. The van der Waals surface area contributed by atoms with Crippen LogP contribution in [-0.4, -0.2) is 67.6 Å². The fraction of sp³-hybridized carbons (Fsp3) is 0.548. The van der Waals surface area contributed by atoms with Crippen molar-refractivity contribution in [1.29, 1.82) is 5.26 Å². The van der Waals surface area contributed by atoms with E-state index in [-0.39, 0.29) is 30.4 Å². The van der Waals surface area contributed by atoms with Crippen LogP contribution in [0.25, 0.3) is 0 Å². The summed E-state index contributed by atoms with van der Waals surface area (Å²) in [6.45, 7) is 12.3. The number of hydrogen-bond acceptors (Lipinski definition) is 5.